The summed E-state index contributed by atoms with van der Waals surface area (Å²) in [5.74, 6) is 0.576. The smallest absolute Gasteiger partial charge is 0.253 e. The Labute approximate surface area is 156 Å². The van der Waals surface area contributed by atoms with Gasteiger partial charge in [-0.15, -0.1) is 0 Å². The Kier molecular flexibility index (Phi) is 5.94. The number of methoxy groups -OCH3 is 1. The summed E-state index contributed by atoms with van der Waals surface area (Å²) in [6.07, 6.45) is 2.19. The highest BCUT2D eigenvalue weighted by Gasteiger charge is 2.24. The van der Waals surface area contributed by atoms with E-state index in [0.29, 0.717) is 5.92 Å². The van der Waals surface area contributed by atoms with Gasteiger partial charge < -0.3 is 14.5 Å². The average molecular weight is 352 g/mol. The summed E-state index contributed by atoms with van der Waals surface area (Å²) in [6, 6.07) is 16.4. The molecule has 1 unspecified atom stereocenters. The maximum absolute atomic E-state index is 12.8. The van der Waals surface area contributed by atoms with Gasteiger partial charge in [0.05, 0.1) is 6.61 Å². The lowest BCUT2D eigenvalue weighted by molar-refractivity contribution is 0.0571. The van der Waals surface area contributed by atoms with Crippen LogP contribution in [0.4, 0.5) is 5.69 Å². The number of rotatable bonds is 5. The maximum Gasteiger partial charge on any atom is 0.253 e. The van der Waals surface area contributed by atoms with Crippen LogP contribution in [0.1, 0.15) is 23.2 Å². The van der Waals surface area contributed by atoms with Gasteiger partial charge in [0.1, 0.15) is 0 Å². The summed E-state index contributed by atoms with van der Waals surface area (Å²) in [5.41, 5.74) is 4.23. The van der Waals surface area contributed by atoms with Gasteiger partial charge >= 0.3 is 0 Å². The Bertz CT molecular complexity index is 721. The second-order valence-corrected chi connectivity index (χ2v) is 7.23. The number of likely N-dealkylation sites (tertiary alicyclic amines) is 1. The zero-order valence-electron chi connectivity index (χ0n) is 15.9. The standard InChI is InChI=1S/C22H28N2O2/c1-23(2)21-12-10-19(11-13-21)18-6-8-20(9-7-18)22(25)24-14-4-5-17(15-24)16-26-3/h6-13,17H,4-5,14-16H2,1-3H3. The van der Waals surface area contributed by atoms with Crippen LogP contribution in [-0.4, -0.2) is 51.7 Å². The van der Waals surface area contributed by atoms with E-state index in [4.69, 9.17) is 4.74 Å². The van der Waals surface area contributed by atoms with Crippen molar-refractivity contribution in [2.24, 2.45) is 5.92 Å². The molecule has 138 valence electrons. The summed E-state index contributed by atoms with van der Waals surface area (Å²) in [4.78, 5) is 16.8. The third-order valence-electron chi connectivity index (χ3n) is 5.06. The monoisotopic (exact) mass is 352 g/mol. The SMILES string of the molecule is COCC1CCCN(C(=O)c2ccc(-c3ccc(N(C)C)cc3)cc2)C1. The molecule has 0 N–H and O–H groups in total. The predicted octanol–water partition coefficient (Wildman–Crippen LogP) is 3.92. The topological polar surface area (TPSA) is 32.8 Å². The summed E-state index contributed by atoms with van der Waals surface area (Å²) in [5, 5.41) is 0. The van der Waals surface area contributed by atoms with Crippen molar-refractivity contribution in [3.8, 4) is 11.1 Å². The van der Waals surface area contributed by atoms with Crippen molar-refractivity contribution < 1.29 is 9.53 Å². The first-order valence-electron chi connectivity index (χ1n) is 9.24. The van der Waals surface area contributed by atoms with Gasteiger partial charge in [0, 0.05) is 45.5 Å². The fraction of sp³-hybridized carbons (Fsp3) is 0.409. The van der Waals surface area contributed by atoms with Crippen molar-refractivity contribution in [3.05, 3.63) is 54.1 Å². The van der Waals surface area contributed by atoms with E-state index >= 15 is 0 Å². The number of amides is 1. The molecule has 0 aromatic heterocycles. The van der Waals surface area contributed by atoms with Crippen LogP contribution in [0.5, 0.6) is 0 Å². The number of carbonyl (C=O) groups excluding carboxylic acids is 1. The average Bonchev–Trinajstić information content (AvgIpc) is 2.68. The zero-order valence-corrected chi connectivity index (χ0v) is 15.9. The van der Waals surface area contributed by atoms with Gasteiger partial charge in [-0.3, -0.25) is 4.79 Å². The molecule has 1 heterocycles. The fourth-order valence-electron chi connectivity index (χ4n) is 3.56. The van der Waals surface area contributed by atoms with Gasteiger partial charge in [-0.1, -0.05) is 24.3 Å². The second kappa shape index (κ2) is 8.37. The minimum Gasteiger partial charge on any atom is -0.384 e. The number of carbonyl (C=O) groups is 1. The molecule has 0 radical (unpaired) electrons. The highest BCUT2D eigenvalue weighted by Crippen LogP contribution is 2.24. The van der Waals surface area contributed by atoms with Crippen LogP contribution in [0.15, 0.2) is 48.5 Å². The molecule has 0 bridgehead atoms. The second-order valence-electron chi connectivity index (χ2n) is 7.23. The van der Waals surface area contributed by atoms with E-state index in [1.807, 2.05) is 43.3 Å². The quantitative estimate of drug-likeness (QED) is 0.818. The van der Waals surface area contributed by atoms with Gasteiger partial charge in [0.25, 0.3) is 5.91 Å². The first-order valence-corrected chi connectivity index (χ1v) is 9.24. The molecule has 1 amide bonds. The number of nitrogens with zero attached hydrogens (tertiary/aromatic N) is 2. The van der Waals surface area contributed by atoms with E-state index in [1.165, 1.54) is 5.69 Å². The number of benzene rings is 2. The Morgan fingerprint density at radius 2 is 1.69 bits per heavy atom. The first-order chi connectivity index (χ1) is 12.6. The van der Waals surface area contributed by atoms with Crippen LogP contribution >= 0.6 is 0 Å². The van der Waals surface area contributed by atoms with E-state index in [1.54, 1.807) is 7.11 Å². The molecule has 1 atom stereocenters. The normalized spacial score (nSPS) is 17.2. The van der Waals surface area contributed by atoms with Gasteiger partial charge in [-0.05, 0) is 54.2 Å². The summed E-state index contributed by atoms with van der Waals surface area (Å²) < 4.78 is 5.26. The number of hydrogen-bond acceptors (Lipinski definition) is 3. The zero-order chi connectivity index (χ0) is 18.5. The molecule has 0 aliphatic carbocycles. The van der Waals surface area contributed by atoms with Crippen LogP contribution in [-0.2, 0) is 4.74 Å². The van der Waals surface area contributed by atoms with Crippen molar-refractivity contribution in [2.45, 2.75) is 12.8 Å². The number of anilines is 1. The molecule has 1 saturated heterocycles. The van der Waals surface area contributed by atoms with Crippen molar-refractivity contribution in [2.75, 3.05) is 45.8 Å². The third kappa shape index (κ3) is 4.25. The van der Waals surface area contributed by atoms with E-state index in [9.17, 15) is 4.79 Å². The molecule has 1 fully saturated rings. The molecule has 3 rings (SSSR count). The Morgan fingerprint density at radius 1 is 1.08 bits per heavy atom. The van der Waals surface area contributed by atoms with Crippen LogP contribution < -0.4 is 4.90 Å². The van der Waals surface area contributed by atoms with Gasteiger partial charge in [-0.2, -0.15) is 0 Å². The Morgan fingerprint density at radius 3 is 2.27 bits per heavy atom. The minimum absolute atomic E-state index is 0.125. The summed E-state index contributed by atoms with van der Waals surface area (Å²) in [6.45, 7) is 2.36. The third-order valence-corrected chi connectivity index (χ3v) is 5.06. The molecule has 1 aliphatic rings. The lowest BCUT2D eigenvalue weighted by atomic mass is 9.97. The predicted molar refractivity (Wildman–Crippen MR) is 107 cm³/mol. The lowest BCUT2D eigenvalue weighted by Gasteiger charge is -2.32. The number of ether oxygens (including phenoxy) is 1. The molecule has 0 spiro atoms. The van der Waals surface area contributed by atoms with Crippen LogP contribution in [0.2, 0.25) is 0 Å². The lowest BCUT2D eigenvalue weighted by Crippen LogP contribution is -2.41. The highest BCUT2D eigenvalue weighted by atomic mass is 16.5. The van der Waals surface area contributed by atoms with Gasteiger partial charge in [0.2, 0.25) is 0 Å². The minimum atomic E-state index is 0.125. The molecular weight excluding hydrogens is 324 g/mol. The van der Waals surface area contributed by atoms with E-state index < -0.39 is 0 Å². The van der Waals surface area contributed by atoms with Crippen molar-refractivity contribution in [1.29, 1.82) is 0 Å². The number of piperidine rings is 1. The highest BCUT2D eigenvalue weighted by molar-refractivity contribution is 5.94. The van der Waals surface area contributed by atoms with Crippen LogP contribution in [0.3, 0.4) is 0 Å². The Hall–Kier alpha value is -2.33. The van der Waals surface area contributed by atoms with Crippen LogP contribution in [0, 0.1) is 5.92 Å². The summed E-state index contributed by atoms with van der Waals surface area (Å²) in [7, 11) is 5.80. The van der Waals surface area contributed by atoms with E-state index in [0.717, 1.165) is 49.2 Å². The van der Waals surface area contributed by atoms with Crippen molar-refractivity contribution >= 4 is 11.6 Å². The van der Waals surface area contributed by atoms with Gasteiger partial charge in [-0.25, -0.2) is 0 Å². The maximum atomic E-state index is 12.8. The van der Waals surface area contributed by atoms with Crippen molar-refractivity contribution in [3.63, 3.8) is 0 Å². The largest absolute Gasteiger partial charge is 0.384 e. The van der Waals surface area contributed by atoms with Gasteiger partial charge in [0.15, 0.2) is 0 Å². The molecule has 26 heavy (non-hydrogen) atoms. The van der Waals surface area contributed by atoms with E-state index in [-0.39, 0.29) is 5.91 Å². The molecule has 0 saturated carbocycles. The first kappa shape index (κ1) is 18.5. The molecule has 2 aromatic rings. The fourth-order valence-corrected chi connectivity index (χ4v) is 3.56. The molecule has 1 aliphatic heterocycles. The molecule has 4 heteroatoms. The Balaban J connectivity index is 1.69. The number of hydrogen-bond donors (Lipinski definition) is 0. The van der Waals surface area contributed by atoms with Crippen molar-refractivity contribution in [1.82, 2.24) is 4.90 Å². The molecule has 2 aromatic carbocycles. The van der Waals surface area contributed by atoms with Crippen LogP contribution in [0.25, 0.3) is 11.1 Å². The van der Waals surface area contributed by atoms with E-state index in [2.05, 4.69) is 29.2 Å². The summed E-state index contributed by atoms with van der Waals surface area (Å²) >= 11 is 0. The molecule has 4 nitrogen and oxygen atoms in total. The molecular formula is C22H28N2O2.